The normalized spacial score (nSPS) is 12.0. The van der Waals surface area contributed by atoms with Crippen LogP contribution in [0.4, 0.5) is 0 Å². The van der Waals surface area contributed by atoms with E-state index < -0.39 is 0 Å². The molecule has 0 saturated heterocycles. The van der Waals surface area contributed by atoms with Crippen molar-refractivity contribution in [3.63, 3.8) is 0 Å². The molecule has 5 heteroatoms. The van der Waals surface area contributed by atoms with E-state index in [4.69, 9.17) is 0 Å². The first-order valence-electron chi connectivity index (χ1n) is 1.91. The lowest BCUT2D eigenvalue weighted by atomic mass is 26.5. The van der Waals surface area contributed by atoms with Crippen molar-refractivity contribution in [1.82, 2.24) is 0 Å². The van der Waals surface area contributed by atoms with E-state index in [1.807, 2.05) is 0 Å². The molecule has 0 radical (unpaired) electrons. The summed E-state index contributed by atoms with van der Waals surface area (Å²) in [6.45, 7) is 0. The molecule has 0 amide bonds. The van der Waals surface area contributed by atoms with Gasteiger partial charge in [0.05, 0.1) is 0 Å². The Balaban J connectivity index is 0. The van der Waals surface area contributed by atoms with Crippen molar-refractivity contribution in [2.24, 2.45) is 0 Å². The zero-order valence-corrected chi connectivity index (χ0v) is 11.5. The second kappa shape index (κ2) is 8.94. The molecule has 0 bridgehead atoms. The highest BCUT2D eigenvalue weighted by Crippen LogP contribution is 1.24. The lowest BCUT2D eigenvalue weighted by Crippen LogP contribution is -2.00. The van der Waals surface area contributed by atoms with E-state index in [0.717, 1.165) is 17.1 Å². The van der Waals surface area contributed by atoms with Crippen molar-refractivity contribution in [3.05, 3.63) is 0 Å². The Morgan fingerprint density at radius 3 is 1.20 bits per heavy atom. The molecule has 0 aromatic rings. The van der Waals surface area contributed by atoms with Crippen LogP contribution >= 0.6 is 12.4 Å². The number of hydrogen-bond donors (Lipinski definition) is 0. The van der Waals surface area contributed by atoms with E-state index in [0.29, 0.717) is 0 Å². The minimum Gasteiger partial charge on any atom is -0.147 e. The van der Waals surface area contributed by atoms with Crippen LogP contribution in [-0.4, -0.2) is 36.6 Å². The second-order valence-corrected chi connectivity index (χ2v) is 27.0. The van der Waals surface area contributed by atoms with Crippen molar-refractivity contribution >= 4 is 49.0 Å². The molecular weight excluding hydrogens is 148 g/mol. The van der Waals surface area contributed by atoms with E-state index in [9.17, 15) is 0 Å². The van der Waals surface area contributed by atoms with Gasteiger partial charge in [-0.1, -0.05) is 0 Å². The third kappa shape index (κ3) is 11.0. The maximum absolute atomic E-state index is 1.62. The molecule has 0 aromatic carbocycles. The van der Waals surface area contributed by atoms with Gasteiger partial charge in [-0.2, -0.15) is 0 Å². The molecule has 0 unspecified atom stereocenters. The van der Waals surface area contributed by atoms with Crippen molar-refractivity contribution in [1.29, 1.82) is 0 Å². The smallest absolute Gasteiger partial charge is 0.00991 e. The SMILES string of the molecule is Cl.[SiH3][SiH2][SiH2][SiH3]. The number of hydrogen-bond acceptors (Lipinski definition) is 0. The summed E-state index contributed by atoms with van der Waals surface area (Å²) in [6, 6.07) is 0. The quantitative estimate of drug-likeness (QED) is 0.344. The minimum absolute atomic E-state index is 0. The van der Waals surface area contributed by atoms with Gasteiger partial charge in [0.2, 0.25) is 0 Å². The van der Waals surface area contributed by atoms with Gasteiger partial charge >= 0.3 is 0 Å². The van der Waals surface area contributed by atoms with Gasteiger partial charge in [0.15, 0.2) is 0 Å². The van der Waals surface area contributed by atoms with Gasteiger partial charge in [-0.3, -0.25) is 0 Å². The Morgan fingerprint density at radius 1 is 1.00 bits per heavy atom. The first kappa shape index (κ1) is 9.48. The summed E-state index contributed by atoms with van der Waals surface area (Å²) in [5.41, 5.74) is 0. The lowest BCUT2D eigenvalue weighted by molar-refractivity contribution is 4.14. The molecule has 0 spiro atoms. The second-order valence-electron chi connectivity index (χ2n) is 1.000. The molecule has 0 N–H and O–H groups in total. The van der Waals surface area contributed by atoms with Crippen LogP contribution in [0, 0.1) is 0 Å². The van der Waals surface area contributed by atoms with Gasteiger partial charge in [0.1, 0.15) is 0 Å². The maximum atomic E-state index is 1.62. The highest BCUT2D eigenvalue weighted by Gasteiger charge is 1.61. The summed E-state index contributed by atoms with van der Waals surface area (Å²) in [7, 11) is 4.78. The monoisotopic (exact) mass is 158 g/mol. The standard InChI is InChI=1S/ClH.H10Si4/c;1-3-4-2/h1H;3-4H2,1-2H3. The van der Waals surface area contributed by atoms with Crippen molar-refractivity contribution in [2.45, 2.75) is 0 Å². The van der Waals surface area contributed by atoms with Gasteiger partial charge in [-0.15, -0.1) is 12.4 Å². The Hall–Kier alpha value is 1.16. The van der Waals surface area contributed by atoms with Crippen LogP contribution in [0.3, 0.4) is 0 Å². The van der Waals surface area contributed by atoms with E-state index in [2.05, 4.69) is 0 Å². The topological polar surface area (TPSA) is 0 Å². The predicted molar refractivity (Wildman–Crippen MR) is 44.2 cm³/mol. The zero-order valence-electron chi connectivity index (χ0n) is 3.82. The fourth-order valence-electron chi connectivity index (χ4n) is 0. The van der Waals surface area contributed by atoms with Crippen LogP contribution < -0.4 is 0 Å². The molecule has 0 nitrogen and oxygen atoms in total. The Morgan fingerprint density at radius 2 is 1.20 bits per heavy atom. The van der Waals surface area contributed by atoms with Crippen LogP contribution in [0.5, 0.6) is 0 Å². The van der Waals surface area contributed by atoms with Crippen LogP contribution in [0.1, 0.15) is 0 Å². The summed E-state index contributed by atoms with van der Waals surface area (Å²) in [5, 5.41) is 0. The highest BCUT2D eigenvalue weighted by molar-refractivity contribution is 7.37. The highest BCUT2D eigenvalue weighted by atomic mass is 35.5. The van der Waals surface area contributed by atoms with Crippen molar-refractivity contribution < 1.29 is 0 Å². The van der Waals surface area contributed by atoms with E-state index >= 15 is 0 Å². The molecule has 0 saturated carbocycles. The summed E-state index contributed by atoms with van der Waals surface area (Å²) >= 11 is 0. The number of halogens is 1. The summed E-state index contributed by atoms with van der Waals surface area (Å²) in [4.78, 5) is 0. The summed E-state index contributed by atoms with van der Waals surface area (Å²) < 4.78 is 0. The van der Waals surface area contributed by atoms with Crippen molar-refractivity contribution in [2.75, 3.05) is 0 Å². The van der Waals surface area contributed by atoms with Gasteiger partial charge in [0.25, 0.3) is 0 Å². The van der Waals surface area contributed by atoms with Gasteiger partial charge in [-0.05, 0) is 36.6 Å². The molecule has 0 atom stereocenters. The maximum Gasteiger partial charge on any atom is -0.00991 e. The van der Waals surface area contributed by atoms with Gasteiger partial charge in [-0.25, -0.2) is 0 Å². The van der Waals surface area contributed by atoms with Crippen molar-refractivity contribution in [3.8, 4) is 0 Å². The molecular formula is H11ClSi4. The Bertz CT molecular complexity index is 5.61. The van der Waals surface area contributed by atoms with Crippen LogP contribution in [-0.2, 0) is 0 Å². The fraction of sp³-hybridized carbons (Fsp3) is 0. The average molecular weight is 159 g/mol. The van der Waals surface area contributed by atoms with Crippen LogP contribution in [0.15, 0.2) is 0 Å². The average Bonchev–Trinajstić information content (AvgIpc) is 1.37. The molecule has 0 aromatic heterocycles. The lowest BCUT2D eigenvalue weighted by Gasteiger charge is -1.63. The molecule has 0 aliphatic rings. The first-order chi connectivity index (χ1) is 1.91. The molecule has 5 heavy (non-hydrogen) atoms. The largest absolute Gasteiger partial charge is 0.147 e. The molecule has 0 heterocycles. The predicted octanol–water partition coefficient (Wildman–Crippen LogP) is -3.78. The van der Waals surface area contributed by atoms with E-state index in [-0.39, 0.29) is 12.4 Å². The third-order valence-corrected chi connectivity index (χ3v) is 40.5. The zero-order chi connectivity index (χ0) is 3.41. The first-order valence-corrected chi connectivity index (χ1v) is 17.2. The van der Waals surface area contributed by atoms with Gasteiger partial charge < -0.3 is 0 Å². The number of rotatable bonds is 1. The molecule has 0 aliphatic carbocycles. The molecule has 0 fully saturated rings. The summed E-state index contributed by atoms with van der Waals surface area (Å²) in [6.07, 6.45) is 0. The molecule has 0 aliphatic heterocycles. The molecule has 34 valence electrons. The third-order valence-electron chi connectivity index (χ3n) is 0.500. The fourth-order valence-corrected chi connectivity index (χ4v) is 0. The Kier molecular flexibility index (Phi) is 16.9. The summed E-state index contributed by atoms with van der Waals surface area (Å²) in [5.74, 6) is 0. The Labute approximate surface area is 49.4 Å². The van der Waals surface area contributed by atoms with Crippen LogP contribution in [0.2, 0.25) is 0 Å². The van der Waals surface area contributed by atoms with Gasteiger partial charge in [0, 0.05) is 0 Å². The van der Waals surface area contributed by atoms with E-state index in [1.165, 1.54) is 0 Å². The molecule has 0 rings (SSSR count). The van der Waals surface area contributed by atoms with E-state index in [1.54, 1.807) is 19.5 Å². The minimum atomic E-state index is 0. The van der Waals surface area contributed by atoms with Crippen LogP contribution in [0.25, 0.3) is 0 Å².